The van der Waals surface area contributed by atoms with E-state index in [1.165, 1.54) is 18.0 Å². The minimum Gasteiger partial charge on any atom is -0.440 e. The van der Waals surface area contributed by atoms with Gasteiger partial charge in [-0.15, -0.1) is 0 Å². The van der Waals surface area contributed by atoms with Crippen LogP contribution in [-0.4, -0.2) is 9.97 Å². The molecule has 1 aromatic carbocycles. The van der Waals surface area contributed by atoms with E-state index in [1.54, 1.807) is 12.3 Å². The minimum atomic E-state index is 0.468. The zero-order valence-electron chi connectivity index (χ0n) is 8.08. The molecule has 2 N–H and O–H groups in total. The molecule has 0 aliphatic carbocycles. The molecule has 80 valence electrons. The molecule has 2 heterocycles. The number of fused-ring (bicyclic) bond motifs is 1. The van der Waals surface area contributed by atoms with Gasteiger partial charge in [-0.1, -0.05) is 6.07 Å². The first kappa shape index (κ1) is 9.29. The molecule has 0 spiro atoms. The highest BCUT2D eigenvalue weighted by atomic mass is 32.2. The molecule has 0 radical (unpaired) electrons. The molecule has 0 atom stereocenters. The van der Waals surface area contributed by atoms with Gasteiger partial charge in [0.2, 0.25) is 0 Å². The number of anilines is 1. The van der Waals surface area contributed by atoms with E-state index in [0.29, 0.717) is 27.2 Å². The summed E-state index contributed by atoms with van der Waals surface area (Å²) >= 11 is 1.22. The van der Waals surface area contributed by atoms with E-state index in [1.807, 2.05) is 12.1 Å². The average Bonchev–Trinajstić information content (AvgIpc) is 2.88. The maximum absolute atomic E-state index is 5.77. The Hall–Kier alpha value is -1.95. The van der Waals surface area contributed by atoms with Crippen LogP contribution in [0.5, 0.6) is 0 Å². The highest BCUT2D eigenvalue weighted by molar-refractivity contribution is 7.98. The second-order valence-electron chi connectivity index (χ2n) is 3.07. The summed E-state index contributed by atoms with van der Waals surface area (Å²) in [5, 5.41) is 0.959. The lowest BCUT2D eigenvalue weighted by molar-refractivity contribution is 0.443. The molecule has 0 amide bonds. The summed E-state index contributed by atoms with van der Waals surface area (Å²) in [6.07, 6.45) is 3.07. The first-order chi connectivity index (χ1) is 7.83. The average molecular weight is 233 g/mol. The van der Waals surface area contributed by atoms with Gasteiger partial charge in [0.15, 0.2) is 5.58 Å². The monoisotopic (exact) mass is 233 g/mol. The van der Waals surface area contributed by atoms with Gasteiger partial charge in [0.05, 0.1) is 11.9 Å². The van der Waals surface area contributed by atoms with E-state index < -0.39 is 0 Å². The number of nitrogen functional groups attached to an aromatic ring is 1. The van der Waals surface area contributed by atoms with Gasteiger partial charge >= 0.3 is 0 Å². The van der Waals surface area contributed by atoms with E-state index in [9.17, 15) is 0 Å². The van der Waals surface area contributed by atoms with E-state index in [0.717, 1.165) is 0 Å². The molecule has 0 fully saturated rings. The third-order valence-corrected chi connectivity index (χ3v) is 2.74. The van der Waals surface area contributed by atoms with Gasteiger partial charge in [0.1, 0.15) is 11.8 Å². The van der Waals surface area contributed by atoms with Crippen molar-refractivity contribution in [1.29, 1.82) is 0 Å². The highest BCUT2D eigenvalue weighted by Gasteiger charge is 2.11. The van der Waals surface area contributed by atoms with Crippen molar-refractivity contribution >= 4 is 28.5 Å². The van der Waals surface area contributed by atoms with E-state index in [-0.39, 0.29) is 0 Å². The summed E-state index contributed by atoms with van der Waals surface area (Å²) < 4.78 is 10.6. The fourth-order valence-electron chi connectivity index (χ4n) is 1.33. The van der Waals surface area contributed by atoms with Gasteiger partial charge in [0, 0.05) is 11.8 Å². The second kappa shape index (κ2) is 3.57. The van der Waals surface area contributed by atoms with Gasteiger partial charge in [-0.2, -0.15) is 0 Å². The van der Waals surface area contributed by atoms with Crippen LogP contribution < -0.4 is 5.73 Å². The van der Waals surface area contributed by atoms with Crippen LogP contribution in [0.2, 0.25) is 0 Å². The molecule has 2 aromatic heterocycles. The number of hydrogen-bond donors (Lipinski definition) is 1. The Morgan fingerprint density at radius 1 is 1.25 bits per heavy atom. The molecule has 0 aliphatic rings. The van der Waals surface area contributed by atoms with E-state index in [4.69, 9.17) is 14.6 Å². The maximum atomic E-state index is 5.77. The third kappa shape index (κ3) is 1.53. The Morgan fingerprint density at radius 3 is 2.94 bits per heavy atom. The summed E-state index contributed by atoms with van der Waals surface area (Å²) in [7, 11) is 0. The van der Waals surface area contributed by atoms with Gasteiger partial charge in [-0.05, 0) is 12.1 Å². The lowest BCUT2D eigenvalue weighted by Crippen LogP contribution is -1.84. The topological polar surface area (TPSA) is 78.1 Å². The number of rotatable bonds is 2. The zero-order valence-corrected chi connectivity index (χ0v) is 8.90. The first-order valence-electron chi connectivity index (χ1n) is 4.55. The Labute approximate surface area is 94.7 Å². The smallest absolute Gasteiger partial charge is 0.266 e. The van der Waals surface area contributed by atoms with Crippen molar-refractivity contribution in [2.45, 2.75) is 10.4 Å². The standard InChI is InChI=1S/C10H7N3O2S/c11-6-2-1-3-7-8(6)13-10(15-7)16-9-12-4-5-14-9/h1-5H,11H2. The molecule has 3 rings (SSSR count). The molecule has 0 saturated carbocycles. The highest BCUT2D eigenvalue weighted by Crippen LogP contribution is 2.30. The SMILES string of the molecule is Nc1cccc2oc(Sc3ncco3)nc12. The summed E-state index contributed by atoms with van der Waals surface area (Å²) in [5.41, 5.74) is 7.69. The van der Waals surface area contributed by atoms with Crippen molar-refractivity contribution in [1.82, 2.24) is 9.97 Å². The third-order valence-electron chi connectivity index (χ3n) is 2.01. The number of hydrogen-bond acceptors (Lipinski definition) is 6. The second-order valence-corrected chi connectivity index (χ2v) is 3.98. The number of oxazole rings is 2. The number of nitrogens with zero attached hydrogens (tertiary/aromatic N) is 2. The molecule has 0 saturated heterocycles. The van der Waals surface area contributed by atoms with Crippen LogP contribution in [-0.2, 0) is 0 Å². The largest absolute Gasteiger partial charge is 0.440 e. The number of benzene rings is 1. The van der Waals surface area contributed by atoms with Gasteiger partial charge in [-0.3, -0.25) is 0 Å². The predicted octanol–water partition coefficient (Wildman–Crippen LogP) is 2.55. The van der Waals surface area contributed by atoms with Crippen LogP contribution in [0.3, 0.4) is 0 Å². The molecule has 0 bridgehead atoms. The van der Waals surface area contributed by atoms with Crippen molar-refractivity contribution in [3.63, 3.8) is 0 Å². The fourth-order valence-corrected chi connectivity index (χ4v) is 1.96. The van der Waals surface area contributed by atoms with Crippen molar-refractivity contribution in [3.05, 3.63) is 30.7 Å². The first-order valence-corrected chi connectivity index (χ1v) is 5.37. The quantitative estimate of drug-likeness (QED) is 0.685. The fraction of sp³-hybridized carbons (Fsp3) is 0. The van der Waals surface area contributed by atoms with Crippen LogP contribution in [0.4, 0.5) is 5.69 Å². The molecular weight excluding hydrogens is 226 g/mol. The van der Waals surface area contributed by atoms with Crippen molar-refractivity contribution < 1.29 is 8.83 Å². The van der Waals surface area contributed by atoms with Crippen molar-refractivity contribution in [2.75, 3.05) is 5.73 Å². The van der Waals surface area contributed by atoms with Crippen LogP contribution >= 0.6 is 11.8 Å². The van der Waals surface area contributed by atoms with E-state index in [2.05, 4.69) is 9.97 Å². The number of nitrogens with two attached hydrogens (primary N) is 1. The summed E-state index contributed by atoms with van der Waals surface area (Å²) in [6.45, 7) is 0. The molecular formula is C10H7N3O2S. The molecule has 5 nitrogen and oxygen atoms in total. The van der Waals surface area contributed by atoms with Gasteiger partial charge in [-0.25, -0.2) is 9.97 Å². The molecule has 16 heavy (non-hydrogen) atoms. The van der Waals surface area contributed by atoms with Crippen molar-refractivity contribution in [3.8, 4) is 0 Å². The van der Waals surface area contributed by atoms with Crippen LogP contribution in [0.15, 0.2) is 49.9 Å². The van der Waals surface area contributed by atoms with Crippen LogP contribution in [0.25, 0.3) is 11.1 Å². The Morgan fingerprint density at radius 2 is 2.19 bits per heavy atom. The molecule has 0 aliphatic heterocycles. The maximum Gasteiger partial charge on any atom is 0.266 e. The summed E-state index contributed by atoms with van der Waals surface area (Å²) in [4.78, 5) is 8.23. The number of para-hydroxylation sites is 1. The zero-order chi connectivity index (χ0) is 11.0. The van der Waals surface area contributed by atoms with Crippen LogP contribution in [0.1, 0.15) is 0 Å². The normalized spacial score (nSPS) is 11.0. The lowest BCUT2D eigenvalue weighted by atomic mass is 10.3. The minimum absolute atomic E-state index is 0.468. The van der Waals surface area contributed by atoms with Gasteiger partial charge < -0.3 is 14.6 Å². The Kier molecular flexibility index (Phi) is 2.07. The van der Waals surface area contributed by atoms with Crippen molar-refractivity contribution in [2.24, 2.45) is 0 Å². The Balaban J connectivity index is 2.02. The van der Waals surface area contributed by atoms with Crippen LogP contribution in [0, 0.1) is 0 Å². The Bertz CT molecular complexity index is 618. The predicted molar refractivity (Wildman–Crippen MR) is 59.0 cm³/mol. The summed E-state index contributed by atoms with van der Waals surface area (Å²) in [5.74, 6) is 0. The van der Waals surface area contributed by atoms with Gasteiger partial charge in [0.25, 0.3) is 10.4 Å². The number of aromatic nitrogens is 2. The molecule has 3 aromatic rings. The lowest BCUT2D eigenvalue weighted by Gasteiger charge is -1.89. The molecule has 6 heteroatoms. The summed E-state index contributed by atoms with van der Waals surface area (Å²) in [6, 6.07) is 5.42. The molecule has 0 unspecified atom stereocenters. The van der Waals surface area contributed by atoms with E-state index >= 15 is 0 Å².